The smallest absolute Gasteiger partial charge is 0.253 e. The summed E-state index contributed by atoms with van der Waals surface area (Å²) < 4.78 is 0. The van der Waals surface area contributed by atoms with E-state index in [0.717, 1.165) is 4.90 Å². The summed E-state index contributed by atoms with van der Waals surface area (Å²) in [5.74, 6) is -0.947. The van der Waals surface area contributed by atoms with Crippen molar-refractivity contribution >= 4 is 17.7 Å². The fourth-order valence-corrected chi connectivity index (χ4v) is 1.38. The van der Waals surface area contributed by atoms with Crippen LogP contribution < -0.4 is 10.8 Å². The Bertz CT molecular complexity index is 336. The van der Waals surface area contributed by atoms with Crippen molar-refractivity contribution in [2.75, 3.05) is 26.2 Å². The second-order valence-corrected chi connectivity index (χ2v) is 3.59. The molecule has 0 saturated heterocycles. The van der Waals surface area contributed by atoms with Gasteiger partial charge in [-0.1, -0.05) is 0 Å². The van der Waals surface area contributed by atoms with Gasteiger partial charge in [0.05, 0.1) is 6.61 Å². The third-order valence-corrected chi connectivity index (χ3v) is 2.26. The highest BCUT2D eigenvalue weighted by Crippen LogP contribution is 2.03. The monoisotopic (exact) mass is 255 g/mol. The van der Waals surface area contributed by atoms with Crippen molar-refractivity contribution < 1.29 is 19.2 Å². The summed E-state index contributed by atoms with van der Waals surface area (Å²) in [6.07, 6.45) is 2.51. The number of imide groups is 1. The summed E-state index contributed by atoms with van der Waals surface area (Å²) in [6, 6.07) is 0. The lowest BCUT2D eigenvalue weighted by Crippen LogP contribution is -2.36. The van der Waals surface area contributed by atoms with Gasteiger partial charge in [-0.3, -0.25) is 19.3 Å². The average molecular weight is 255 g/mol. The molecule has 0 aromatic rings. The highest BCUT2D eigenvalue weighted by atomic mass is 16.6. The Kier molecular flexibility index (Phi) is 6.03. The molecule has 0 aromatic heterocycles. The molecule has 1 aliphatic heterocycles. The minimum Gasteiger partial charge on any atom is -0.355 e. The van der Waals surface area contributed by atoms with Crippen molar-refractivity contribution in [3.05, 3.63) is 12.2 Å². The van der Waals surface area contributed by atoms with Crippen LogP contribution in [0.3, 0.4) is 0 Å². The molecule has 0 radical (unpaired) electrons. The number of rotatable bonds is 8. The van der Waals surface area contributed by atoms with E-state index in [4.69, 9.17) is 4.84 Å². The zero-order valence-corrected chi connectivity index (χ0v) is 10.3. The molecule has 7 nitrogen and oxygen atoms in total. The molecule has 1 aliphatic rings. The summed E-state index contributed by atoms with van der Waals surface area (Å²) in [6.45, 7) is 3.45. The van der Waals surface area contributed by atoms with Gasteiger partial charge in [0.15, 0.2) is 0 Å². The number of carbonyl (C=O) groups excluding carboxylic acids is 3. The molecule has 100 valence electrons. The van der Waals surface area contributed by atoms with E-state index >= 15 is 0 Å². The molecule has 0 bridgehead atoms. The van der Waals surface area contributed by atoms with E-state index in [9.17, 15) is 14.4 Å². The first-order chi connectivity index (χ1) is 8.65. The third kappa shape index (κ3) is 4.64. The summed E-state index contributed by atoms with van der Waals surface area (Å²) in [5, 5.41) is 2.64. The van der Waals surface area contributed by atoms with Crippen LogP contribution in [-0.4, -0.2) is 48.9 Å². The van der Waals surface area contributed by atoms with Gasteiger partial charge in [-0.25, -0.2) is 5.48 Å². The number of amides is 3. The van der Waals surface area contributed by atoms with Crippen LogP contribution in [0, 0.1) is 0 Å². The predicted molar refractivity (Wildman–Crippen MR) is 63.1 cm³/mol. The first-order valence-electron chi connectivity index (χ1n) is 5.80. The van der Waals surface area contributed by atoms with E-state index in [2.05, 4.69) is 10.8 Å². The molecule has 18 heavy (non-hydrogen) atoms. The predicted octanol–water partition coefficient (Wildman–Crippen LogP) is -1.04. The fourth-order valence-electron chi connectivity index (χ4n) is 1.38. The van der Waals surface area contributed by atoms with Crippen molar-refractivity contribution in [3.8, 4) is 0 Å². The highest BCUT2D eigenvalue weighted by Gasteiger charge is 2.23. The van der Waals surface area contributed by atoms with Crippen molar-refractivity contribution in [3.63, 3.8) is 0 Å². The van der Waals surface area contributed by atoms with Gasteiger partial charge in [0.2, 0.25) is 5.91 Å². The summed E-state index contributed by atoms with van der Waals surface area (Å²) >= 11 is 0. The van der Waals surface area contributed by atoms with Crippen LogP contribution in [0.2, 0.25) is 0 Å². The summed E-state index contributed by atoms with van der Waals surface area (Å²) in [4.78, 5) is 39.7. The fraction of sp³-hybridized carbons (Fsp3) is 0.545. The van der Waals surface area contributed by atoms with Crippen LogP contribution in [0.4, 0.5) is 0 Å². The van der Waals surface area contributed by atoms with Crippen LogP contribution in [0.25, 0.3) is 0 Å². The van der Waals surface area contributed by atoms with Crippen LogP contribution in [0.1, 0.15) is 13.3 Å². The van der Waals surface area contributed by atoms with Gasteiger partial charge in [-0.2, -0.15) is 0 Å². The van der Waals surface area contributed by atoms with E-state index in [-0.39, 0.29) is 30.7 Å². The van der Waals surface area contributed by atoms with Gasteiger partial charge < -0.3 is 10.2 Å². The number of hydroxylamine groups is 1. The van der Waals surface area contributed by atoms with E-state index in [1.54, 1.807) is 0 Å². The van der Waals surface area contributed by atoms with Gasteiger partial charge >= 0.3 is 0 Å². The van der Waals surface area contributed by atoms with Crippen LogP contribution in [0.15, 0.2) is 12.2 Å². The Hall–Kier alpha value is -1.73. The number of carbonyl (C=O) groups is 3. The molecule has 0 aromatic carbocycles. The Morgan fingerprint density at radius 3 is 2.56 bits per heavy atom. The summed E-state index contributed by atoms with van der Waals surface area (Å²) in [5.41, 5.74) is 2.66. The second-order valence-electron chi connectivity index (χ2n) is 3.59. The normalized spacial score (nSPS) is 14.4. The Morgan fingerprint density at radius 2 is 1.94 bits per heavy atom. The molecule has 2 N–H and O–H groups in total. The molecule has 0 spiro atoms. The van der Waals surface area contributed by atoms with Crippen LogP contribution in [0.5, 0.6) is 0 Å². The third-order valence-electron chi connectivity index (χ3n) is 2.26. The molecule has 0 unspecified atom stereocenters. The van der Waals surface area contributed by atoms with Gasteiger partial charge in [0.1, 0.15) is 0 Å². The maximum absolute atomic E-state index is 11.4. The molecule has 1 heterocycles. The SMILES string of the molecule is CCONCCNC(=O)CCN1C(=O)C=CC1=O. The van der Waals surface area contributed by atoms with Crippen molar-refractivity contribution in [2.45, 2.75) is 13.3 Å². The van der Waals surface area contributed by atoms with E-state index in [1.807, 2.05) is 6.92 Å². The molecule has 0 atom stereocenters. The number of nitrogens with one attached hydrogen (secondary N) is 2. The van der Waals surface area contributed by atoms with Gasteiger partial charge in [-0.05, 0) is 6.92 Å². The topological polar surface area (TPSA) is 87.7 Å². The largest absolute Gasteiger partial charge is 0.355 e. The number of hydrogen-bond acceptors (Lipinski definition) is 5. The van der Waals surface area contributed by atoms with Crippen molar-refractivity contribution in [1.82, 2.24) is 15.7 Å². The maximum atomic E-state index is 11.4. The lowest BCUT2D eigenvalue weighted by molar-refractivity contribution is -0.137. The lowest BCUT2D eigenvalue weighted by Gasteiger charge is -2.13. The molecule has 1 rings (SSSR count). The van der Waals surface area contributed by atoms with Crippen molar-refractivity contribution in [2.24, 2.45) is 0 Å². The van der Waals surface area contributed by atoms with Gasteiger partial charge in [0, 0.05) is 38.2 Å². The number of hydrogen-bond donors (Lipinski definition) is 2. The number of nitrogens with zero attached hydrogens (tertiary/aromatic N) is 1. The zero-order chi connectivity index (χ0) is 13.4. The molecular formula is C11H17N3O4. The molecule has 0 saturated carbocycles. The summed E-state index contributed by atoms with van der Waals surface area (Å²) in [7, 11) is 0. The molecule has 3 amide bonds. The average Bonchev–Trinajstić information content (AvgIpc) is 2.66. The Morgan fingerprint density at radius 1 is 1.28 bits per heavy atom. The quantitative estimate of drug-likeness (QED) is 0.328. The lowest BCUT2D eigenvalue weighted by atomic mass is 10.3. The standard InChI is InChI=1S/C11H17N3O4/c1-2-18-13-7-6-12-9(15)5-8-14-10(16)3-4-11(14)17/h3-4,13H,2,5-8H2,1H3,(H,12,15). The van der Waals surface area contributed by atoms with Gasteiger partial charge in [0.25, 0.3) is 11.8 Å². The van der Waals surface area contributed by atoms with E-state index in [0.29, 0.717) is 19.7 Å². The second kappa shape index (κ2) is 7.57. The van der Waals surface area contributed by atoms with Crippen LogP contribution >= 0.6 is 0 Å². The highest BCUT2D eigenvalue weighted by molar-refractivity contribution is 6.13. The van der Waals surface area contributed by atoms with Crippen molar-refractivity contribution in [1.29, 1.82) is 0 Å². The van der Waals surface area contributed by atoms with E-state index < -0.39 is 0 Å². The van der Waals surface area contributed by atoms with Gasteiger partial charge in [-0.15, -0.1) is 0 Å². The Labute approximate surface area is 105 Å². The molecular weight excluding hydrogens is 238 g/mol. The first-order valence-corrected chi connectivity index (χ1v) is 5.80. The maximum Gasteiger partial charge on any atom is 0.253 e. The molecule has 0 fully saturated rings. The van der Waals surface area contributed by atoms with Crippen LogP contribution in [-0.2, 0) is 19.2 Å². The molecule has 7 heteroatoms. The first kappa shape index (κ1) is 14.3. The minimum atomic E-state index is -0.370. The molecule has 0 aliphatic carbocycles. The van der Waals surface area contributed by atoms with E-state index in [1.165, 1.54) is 12.2 Å². The zero-order valence-electron chi connectivity index (χ0n) is 10.3. The minimum absolute atomic E-state index is 0.105. The Balaban J connectivity index is 2.10.